The van der Waals surface area contributed by atoms with Gasteiger partial charge in [-0.2, -0.15) is 4.31 Å². The van der Waals surface area contributed by atoms with Crippen LogP contribution in [0.2, 0.25) is 0 Å². The number of sulfonamides is 1. The van der Waals surface area contributed by atoms with Gasteiger partial charge < -0.3 is 10.1 Å². The van der Waals surface area contributed by atoms with Crippen LogP contribution in [-0.4, -0.2) is 79.7 Å². The molecule has 10 nitrogen and oxygen atoms in total. The molecule has 1 saturated heterocycles. The minimum Gasteiger partial charge on any atom is -0.489 e. The van der Waals surface area contributed by atoms with Crippen molar-refractivity contribution in [2.24, 2.45) is 0 Å². The molecule has 2 amide bonds. The fraction of sp³-hybridized carbons (Fsp3) is 0.333. The molecule has 1 unspecified atom stereocenters. The molecule has 3 aromatic rings. The topological polar surface area (TPSA) is 128 Å². The van der Waals surface area contributed by atoms with E-state index in [2.05, 4.69) is 36.5 Å². The molecule has 0 aromatic heterocycles. The molecule has 4 rings (SSSR count). The number of carbonyl (C=O) groups excluding carboxylic acids is 2. The molecular formula is C27H32N4O6S. The van der Waals surface area contributed by atoms with Crippen LogP contribution in [0, 0.1) is 6.92 Å². The quantitative estimate of drug-likeness (QED) is 0.279. The zero-order chi connectivity index (χ0) is 27.3. The Morgan fingerprint density at radius 3 is 2.34 bits per heavy atom. The highest BCUT2D eigenvalue weighted by Crippen LogP contribution is 2.24. The van der Waals surface area contributed by atoms with E-state index in [-0.39, 0.29) is 25.5 Å². The number of nitrogens with one attached hydrogen (secondary N) is 2. The fourth-order valence-electron chi connectivity index (χ4n) is 4.60. The van der Waals surface area contributed by atoms with E-state index in [0.29, 0.717) is 31.0 Å². The lowest BCUT2D eigenvalue weighted by Gasteiger charge is -2.37. The summed E-state index contributed by atoms with van der Waals surface area (Å²) in [4.78, 5) is 26.8. The summed E-state index contributed by atoms with van der Waals surface area (Å²) in [5, 5.41) is 14.2. The van der Waals surface area contributed by atoms with Gasteiger partial charge in [0.1, 0.15) is 18.4 Å². The Labute approximate surface area is 222 Å². The van der Waals surface area contributed by atoms with Gasteiger partial charge in [0.25, 0.3) is 11.8 Å². The zero-order valence-electron chi connectivity index (χ0n) is 21.4. The van der Waals surface area contributed by atoms with E-state index in [1.807, 2.05) is 12.1 Å². The molecule has 3 N–H and O–H groups in total. The summed E-state index contributed by atoms with van der Waals surface area (Å²) in [6.45, 7) is 3.43. The number of hydrogen-bond donors (Lipinski definition) is 3. The van der Waals surface area contributed by atoms with E-state index in [0.717, 1.165) is 28.2 Å². The molecule has 1 fully saturated rings. The third kappa shape index (κ3) is 6.48. The van der Waals surface area contributed by atoms with Crippen molar-refractivity contribution in [3.05, 3.63) is 77.4 Å². The number of aryl methyl sites for hydroxylation is 1. The number of benzene rings is 3. The van der Waals surface area contributed by atoms with Crippen LogP contribution >= 0.6 is 0 Å². The predicted molar refractivity (Wildman–Crippen MR) is 143 cm³/mol. The lowest BCUT2D eigenvalue weighted by molar-refractivity contribution is -0.135. The fourth-order valence-corrected chi connectivity index (χ4v) is 5.42. The second kappa shape index (κ2) is 11.9. The number of fused-ring (bicyclic) bond motifs is 1. The lowest BCUT2D eigenvalue weighted by atomic mass is 10.0. The molecule has 0 radical (unpaired) electrons. The van der Waals surface area contributed by atoms with Crippen LogP contribution in [0.4, 0.5) is 0 Å². The van der Waals surface area contributed by atoms with E-state index >= 15 is 0 Å². The van der Waals surface area contributed by atoms with Crippen LogP contribution in [0.5, 0.6) is 5.75 Å². The minimum atomic E-state index is -3.32. The Hall–Kier alpha value is -3.51. The maximum Gasteiger partial charge on any atom is 0.262 e. The molecule has 11 heteroatoms. The first-order chi connectivity index (χ1) is 18.2. The number of piperazine rings is 1. The van der Waals surface area contributed by atoms with Gasteiger partial charge in [0.05, 0.1) is 6.26 Å². The van der Waals surface area contributed by atoms with Crippen molar-refractivity contribution >= 4 is 32.6 Å². The first-order valence-corrected chi connectivity index (χ1v) is 14.1. The SMILES string of the molecule is Cc1ccc2ccccc2c1COc1ccc(C(=O)NCC(C(=O)NO)N2CCN(S(C)(=O)=O)CC2)cc1. The van der Waals surface area contributed by atoms with Crippen molar-refractivity contribution in [1.29, 1.82) is 0 Å². The molecule has 1 heterocycles. The van der Waals surface area contributed by atoms with Crippen molar-refractivity contribution in [3.8, 4) is 5.75 Å². The molecule has 0 bridgehead atoms. The van der Waals surface area contributed by atoms with Gasteiger partial charge in [-0.25, -0.2) is 13.9 Å². The Balaban J connectivity index is 1.35. The van der Waals surface area contributed by atoms with Gasteiger partial charge in [-0.15, -0.1) is 0 Å². The van der Waals surface area contributed by atoms with Gasteiger partial charge >= 0.3 is 0 Å². The van der Waals surface area contributed by atoms with Crippen LogP contribution in [0.25, 0.3) is 10.8 Å². The number of amides is 2. The van der Waals surface area contributed by atoms with Crippen LogP contribution in [0.3, 0.4) is 0 Å². The average Bonchev–Trinajstić information content (AvgIpc) is 2.92. The normalized spacial score (nSPS) is 15.7. The number of hydrogen-bond acceptors (Lipinski definition) is 7. The van der Waals surface area contributed by atoms with Crippen molar-refractivity contribution in [3.63, 3.8) is 0 Å². The number of ether oxygens (including phenoxy) is 1. The molecule has 1 aliphatic heterocycles. The number of hydroxylamine groups is 1. The van der Waals surface area contributed by atoms with Crippen molar-refractivity contribution in [1.82, 2.24) is 20.0 Å². The van der Waals surface area contributed by atoms with Gasteiger partial charge in [-0.3, -0.25) is 19.7 Å². The summed E-state index contributed by atoms with van der Waals surface area (Å²) in [5.74, 6) is -0.437. The van der Waals surface area contributed by atoms with E-state index in [9.17, 15) is 23.2 Å². The van der Waals surface area contributed by atoms with Crippen LogP contribution in [0.15, 0.2) is 60.7 Å². The minimum absolute atomic E-state index is 0.0529. The first-order valence-electron chi connectivity index (χ1n) is 12.3. The van der Waals surface area contributed by atoms with Crippen LogP contribution in [0.1, 0.15) is 21.5 Å². The Morgan fingerprint density at radius 2 is 1.68 bits per heavy atom. The molecule has 0 saturated carbocycles. The molecule has 1 aliphatic rings. The van der Waals surface area contributed by atoms with Crippen LogP contribution in [-0.2, 0) is 21.4 Å². The van der Waals surface area contributed by atoms with Crippen molar-refractivity contribution in [2.45, 2.75) is 19.6 Å². The molecule has 1 atom stereocenters. The van der Waals surface area contributed by atoms with E-state index in [4.69, 9.17) is 4.74 Å². The van der Waals surface area contributed by atoms with Gasteiger partial charge in [0, 0.05) is 43.9 Å². The maximum atomic E-state index is 12.8. The summed E-state index contributed by atoms with van der Waals surface area (Å²) in [6.07, 6.45) is 1.14. The first kappa shape index (κ1) is 27.5. The van der Waals surface area contributed by atoms with Gasteiger partial charge in [0.2, 0.25) is 10.0 Å². The summed E-state index contributed by atoms with van der Waals surface area (Å²) >= 11 is 0. The Kier molecular flexibility index (Phi) is 8.62. The molecule has 0 aliphatic carbocycles. The Bertz CT molecular complexity index is 1400. The number of nitrogens with zero attached hydrogens (tertiary/aromatic N) is 2. The van der Waals surface area contributed by atoms with Gasteiger partial charge in [0.15, 0.2) is 0 Å². The van der Waals surface area contributed by atoms with Crippen molar-refractivity contribution in [2.75, 3.05) is 39.0 Å². The van der Waals surface area contributed by atoms with E-state index in [1.54, 1.807) is 34.6 Å². The van der Waals surface area contributed by atoms with Crippen molar-refractivity contribution < 1.29 is 28.0 Å². The number of carbonyl (C=O) groups is 2. The predicted octanol–water partition coefficient (Wildman–Crippen LogP) is 1.91. The average molecular weight is 541 g/mol. The highest BCUT2D eigenvalue weighted by Gasteiger charge is 2.31. The Morgan fingerprint density at radius 1 is 1.00 bits per heavy atom. The maximum absolute atomic E-state index is 12.8. The summed E-state index contributed by atoms with van der Waals surface area (Å²) < 4.78 is 30.8. The highest BCUT2D eigenvalue weighted by atomic mass is 32.2. The standard InChI is InChI=1S/C27H32N4O6S/c1-19-7-8-20-5-3-4-6-23(20)24(19)18-37-22-11-9-21(10-12-22)26(32)28-17-25(27(33)29-34)30-13-15-31(16-14-30)38(2,35)36/h3-12,25,34H,13-18H2,1-2H3,(H,28,32)(H,29,33). The van der Waals surface area contributed by atoms with Crippen LogP contribution < -0.4 is 15.5 Å². The number of rotatable bonds is 9. The summed E-state index contributed by atoms with van der Waals surface area (Å²) in [7, 11) is -3.32. The van der Waals surface area contributed by atoms with Gasteiger partial charge in [-0.1, -0.05) is 36.4 Å². The lowest BCUT2D eigenvalue weighted by Crippen LogP contribution is -2.58. The summed E-state index contributed by atoms with van der Waals surface area (Å²) in [5.41, 5.74) is 4.27. The zero-order valence-corrected chi connectivity index (χ0v) is 22.2. The third-order valence-corrected chi connectivity index (χ3v) is 8.13. The smallest absolute Gasteiger partial charge is 0.262 e. The van der Waals surface area contributed by atoms with Gasteiger partial charge in [-0.05, 0) is 47.5 Å². The van der Waals surface area contributed by atoms with E-state index in [1.165, 1.54) is 4.31 Å². The largest absolute Gasteiger partial charge is 0.489 e. The molecule has 202 valence electrons. The molecular weight excluding hydrogens is 508 g/mol. The highest BCUT2D eigenvalue weighted by molar-refractivity contribution is 7.88. The molecule has 38 heavy (non-hydrogen) atoms. The second-order valence-corrected chi connectivity index (χ2v) is 11.3. The third-order valence-electron chi connectivity index (χ3n) is 6.83. The molecule has 3 aromatic carbocycles. The second-order valence-electron chi connectivity index (χ2n) is 9.30. The monoisotopic (exact) mass is 540 g/mol. The van der Waals surface area contributed by atoms with E-state index < -0.39 is 22.0 Å². The summed E-state index contributed by atoms with van der Waals surface area (Å²) in [6, 6.07) is 18.2. The molecule has 0 spiro atoms.